The van der Waals surface area contributed by atoms with Gasteiger partial charge < -0.3 is 15.0 Å². The number of hydrogen-bond acceptors (Lipinski definition) is 4. The molecule has 5 nitrogen and oxygen atoms in total. The first-order chi connectivity index (χ1) is 9.63. The smallest absolute Gasteiger partial charge is 0.360 e. The van der Waals surface area contributed by atoms with Crippen LogP contribution in [0.25, 0.3) is 0 Å². The number of carbonyl (C=O) groups is 1. The summed E-state index contributed by atoms with van der Waals surface area (Å²) in [4.78, 5) is 16.2. The van der Waals surface area contributed by atoms with Gasteiger partial charge in [0.1, 0.15) is 11.6 Å². The molecule has 2 N–H and O–H groups in total. The number of nitrogen functional groups attached to an aromatic ring is 1. The van der Waals surface area contributed by atoms with E-state index in [1.54, 1.807) is 6.92 Å². The Labute approximate surface area is 118 Å². The molecule has 0 amide bonds. The number of aromatic nitrogens is 2. The van der Waals surface area contributed by atoms with Crippen LogP contribution >= 0.6 is 0 Å². The van der Waals surface area contributed by atoms with Gasteiger partial charge >= 0.3 is 5.97 Å². The van der Waals surface area contributed by atoms with Crippen molar-refractivity contribution in [2.24, 2.45) is 23.7 Å². The van der Waals surface area contributed by atoms with Crippen LogP contribution in [0, 0.1) is 30.6 Å². The molecule has 0 radical (unpaired) electrons. The molecule has 1 aromatic rings. The molecule has 4 rings (SSSR count). The quantitative estimate of drug-likeness (QED) is 0.858. The number of aryl methyl sites for hydroxylation is 1. The van der Waals surface area contributed by atoms with Gasteiger partial charge in [-0.15, -0.1) is 0 Å². The van der Waals surface area contributed by atoms with E-state index in [4.69, 9.17) is 10.5 Å². The van der Waals surface area contributed by atoms with Crippen molar-refractivity contribution in [1.29, 1.82) is 0 Å². The van der Waals surface area contributed by atoms with E-state index in [-0.39, 0.29) is 0 Å². The molecule has 0 spiro atoms. The molecule has 3 aliphatic rings. The third-order valence-corrected chi connectivity index (χ3v) is 5.59. The first kappa shape index (κ1) is 12.2. The first-order valence-corrected chi connectivity index (χ1v) is 7.64. The number of carbonyl (C=O) groups excluding carboxylic acids is 1. The highest BCUT2D eigenvalue weighted by molar-refractivity contribution is 5.92. The van der Waals surface area contributed by atoms with Crippen LogP contribution in [0.15, 0.2) is 0 Å². The Morgan fingerprint density at radius 1 is 1.40 bits per heavy atom. The van der Waals surface area contributed by atoms with Crippen LogP contribution in [0.4, 0.5) is 5.82 Å². The average molecular weight is 275 g/mol. The van der Waals surface area contributed by atoms with Gasteiger partial charge in [0.15, 0.2) is 5.69 Å². The number of fused-ring (bicyclic) bond motifs is 5. The van der Waals surface area contributed by atoms with Gasteiger partial charge in [-0.1, -0.05) is 0 Å². The summed E-state index contributed by atoms with van der Waals surface area (Å²) in [5.41, 5.74) is 6.48. The van der Waals surface area contributed by atoms with E-state index in [0.29, 0.717) is 24.2 Å². The Kier molecular flexibility index (Phi) is 2.44. The van der Waals surface area contributed by atoms with E-state index in [9.17, 15) is 4.79 Å². The van der Waals surface area contributed by atoms with Crippen molar-refractivity contribution in [2.45, 2.75) is 39.2 Å². The lowest BCUT2D eigenvalue weighted by Crippen LogP contribution is -2.12. The lowest BCUT2D eigenvalue weighted by molar-refractivity contribution is 0.0521. The number of rotatable bonds is 3. The summed E-state index contributed by atoms with van der Waals surface area (Å²) in [7, 11) is 0. The normalized spacial score (nSPS) is 37.0. The molecule has 1 heterocycles. The zero-order valence-electron chi connectivity index (χ0n) is 12.0. The summed E-state index contributed by atoms with van der Waals surface area (Å²) in [5.74, 6) is 4.26. The SMILES string of the molecule is CCOC(=O)c1nc(C)n(C2C3C4CCC(C4)C32)c1N. The minimum absolute atomic E-state index is 0.293. The second kappa shape index (κ2) is 3.99. The molecule has 4 unspecified atom stereocenters. The van der Waals surface area contributed by atoms with Crippen molar-refractivity contribution in [3.05, 3.63) is 11.5 Å². The number of anilines is 1. The van der Waals surface area contributed by atoms with Crippen molar-refractivity contribution in [2.75, 3.05) is 12.3 Å². The maximum atomic E-state index is 11.9. The summed E-state index contributed by atoms with van der Waals surface area (Å²) in [6, 6.07) is 0.483. The second-order valence-corrected chi connectivity index (χ2v) is 6.46. The summed E-state index contributed by atoms with van der Waals surface area (Å²) in [6.07, 6.45) is 4.16. The lowest BCUT2D eigenvalue weighted by atomic mass is 10.0. The van der Waals surface area contributed by atoms with Crippen molar-refractivity contribution in [1.82, 2.24) is 9.55 Å². The molecule has 3 aliphatic carbocycles. The minimum atomic E-state index is -0.402. The van der Waals surface area contributed by atoms with Crippen molar-refractivity contribution < 1.29 is 9.53 Å². The molecule has 0 aliphatic heterocycles. The van der Waals surface area contributed by atoms with Crippen LogP contribution < -0.4 is 5.73 Å². The van der Waals surface area contributed by atoms with E-state index >= 15 is 0 Å². The highest BCUT2D eigenvalue weighted by Crippen LogP contribution is 2.72. The summed E-state index contributed by atoms with van der Waals surface area (Å²) >= 11 is 0. The van der Waals surface area contributed by atoms with Crippen molar-refractivity contribution in [3.8, 4) is 0 Å². The van der Waals surface area contributed by atoms with Crippen LogP contribution in [-0.4, -0.2) is 22.1 Å². The zero-order valence-corrected chi connectivity index (χ0v) is 12.0. The molecule has 3 saturated carbocycles. The molecule has 1 aromatic heterocycles. The van der Waals surface area contributed by atoms with Crippen LogP contribution in [0.1, 0.15) is 48.5 Å². The number of ether oxygens (including phenoxy) is 1. The maximum Gasteiger partial charge on any atom is 0.360 e. The molecule has 4 atom stereocenters. The van der Waals surface area contributed by atoms with Gasteiger partial charge in [0.05, 0.1) is 6.61 Å². The van der Waals surface area contributed by atoms with Gasteiger partial charge in [0.2, 0.25) is 0 Å². The lowest BCUT2D eigenvalue weighted by Gasteiger charge is -2.13. The summed E-state index contributed by atoms with van der Waals surface area (Å²) in [5, 5.41) is 0. The number of imidazole rings is 1. The van der Waals surface area contributed by atoms with Crippen molar-refractivity contribution in [3.63, 3.8) is 0 Å². The van der Waals surface area contributed by atoms with E-state index in [2.05, 4.69) is 9.55 Å². The third kappa shape index (κ3) is 1.43. The third-order valence-electron chi connectivity index (χ3n) is 5.59. The largest absolute Gasteiger partial charge is 0.461 e. The average Bonchev–Trinajstić information content (AvgIpc) is 2.74. The Morgan fingerprint density at radius 3 is 2.65 bits per heavy atom. The number of hydrogen-bond donors (Lipinski definition) is 1. The Balaban J connectivity index is 1.65. The molecule has 0 saturated heterocycles. The summed E-state index contributed by atoms with van der Waals surface area (Å²) in [6.45, 7) is 4.08. The maximum absolute atomic E-state index is 11.9. The van der Waals surface area contributed by atoms with Gasteiger partial charge in [-0.3, -0.25) is 0 Å². The fraction of sp³-hybridized carbons (Fsp3) is 0.733. The highest BCUT2D eigenvalue weighted by atomic mass is 16.5. The number of nitrogens with two attached hydrogens (primary N) is 1. The zero-order chi connectivity index (χ0) is 14.0. The predicted octanol–water partition coefficient (Wildman–Crippen LogP) is 2.17. The molecular formula is C15H21N3O2. The molecular weight excluding hydrogens is 254 g/mol. The number of esters is 1. The van der Waals surface area contributed by atoms with Gasteiger partial charge in [0.25, 0.3) is 0 Å². The van der Waals surface area contributed by atoms with Crippen molar-refractivity contribution >= 4 is 11.8 Å². The fourth-order valence-electron chi connectivity index (χ4n) is 4.91. The van der Waals surface area contributed by atoms with Crippen LogP contribution in [0.2, 0.25) is 0 Å². The number of nitrogens with zero attached hydrogens (tertiary/aromatic N) is 2. The Morgan fingerprint density at radius 2 is 2.05 bits per heavy atom. The van der Waals surface area contributed by atoms with Gasteiger partial charge in [-0.2, -0.15) is 0 Å². The standard InChI is InChI=1S/C15H21N3O2/c1-3-20-15(19)12-14(16)18(7(2)17-12)13-10-8-4-5-9(6-8)11(10)13/h8-11,13H,3-6,16H2,1-2H3. The molecule has 2 bridgehead atoms. The van der Waals surface area contributed by atoms with Crippen LogP contribution in [0.5, 0.6) is 0 Å². The second-order valence-electron chi connectivity index (χ2n) is 6.46. The predicted molar refractivity (Wildman–Crippen MR) is 74.2 cm³/mol. The monoisotopic (exact) mass is 275 g/mol. The van der Waals surface area contributed by atoms with Crippen LogP contribution in [0.3, 0.4) is 0 Å². The molecule has 108 valence electrons. The van der Waals surface area contributed by atoms with Crippen LogP contribution in [-0.2, 0) is 4.74 Å². The van der Waals surface area contributed by atoms with E-state index in [1.165, 1.54) is 19.3 Å². The summed E-state index contributed by atoms with van der Waals surface area (Å²) < 4.78 is 7.13. The van der Waals surface area contributed by atoms with Gasteiger partial charge in [-0.25, -0.2) is 9.78 Å². The minimum Gasteiger partial charge on any atom is -0.461 e. The van der Waals surface area contributed by atoms with Gasteiger partial charge in [0, 0.05) is 6.04 Å². The Hall–Kier alpha value is -1.52. The molecule has 0 aromatic carbocycles. The molecule has 20 heavy (non-hydrogen) atoms. The van der Waals surface area contributed by atoms with E-state index < -0.39 is 5.97 Å². The van der Waals surface area contributed by atoms with E-state index in [1.807, 2.05) is 6.92 Å². The van der Waals surface area contributed by atoms with Gasteiger partial charge in [-0.05, 0) is 56.8 Å². The molecule has 3 fully saturated rings. The first-order valence-electron chi connectivity index (χ1n) is 7.64. The van der Waals surface area contributed by atoms with E-state index in [0.717, 1.165) is 29.5 Å². The molecule has 5 heteroatoms. The fourth-order valence-corrected chi connectivity index (χ4v) is 4.91. The Bertz CT molecular complexity index is 564. The topological polar surface area (TPSA) is 70.1 Å². The highest BCUT2D eigenvalue weighted by Gasteiger charge is 2.66.